The molecule has 0 aromatic heterocycles. The number of amides is 2. The first-order chi connectivity index (χ1) is 14.5. The van der Waals surface area contributed by atoms with Crippen molar-refractivity contribution >= 4 is 17.4 Å². The Morgan fingerprint density at radius 1 is 1.13 bits per heavy atom. The third-order valence-corrected chi connectivity index (χ3v) is 7.14. The zero-order valence-electron chi connectivity index (χ0n) is 18.9. The van der Waals surface area contributed by atoms with E-state index in [-0.39, 0.29) is 6.03 Å². The first-order valence-electron chi connectivity index (χ1n) is 11.6. The van der Waals surface area contributed by atoms with Crippen LogP contribution in [0.2, 0.25) is 0 Å². The summed E-state index contributed by atoms with van der Waals surface area (Å²) >= 11 is 0. The van der Waals surface area contributed by atoms with Crippen molar-refractivity contribution in [3.63, 3.8) is 0 Å². The van der Waals surface area contributed by atoms with Crippen LogP contribution in [-0.2, 0) is 6.54 Å². The van der Waals surface area contributed by atoms with Gasteiger partial charge < -0.3 is 15.1 Å². The number of fused-ring (bicyclic) bond motifs is 1. The van der Waals surface area contributed by atoms with Crippen LogP contribution in [0.25, 0.3) is 0 Å². The Kier molecular flexibility index (Phi) is 6.61. The fourth-order valence-electron chi connectivity index (χ4n) is 5.04. The van der Waals surface area contributed by atoms with Crippen molar-refractivity contribution in [2.75, 3.05) is 51.7 Å². The van der Waals surface area contributed by atoms with Gasteiger partial charge in [0.15, 0.2) is 0 Å². The predicted molar refractivity (Wildman–Crippen MR) is 124 cm³/mol. The van der Waals surface area contributed by atoms with E-state index in [4.69, 9.17) is 0 Å². The smallest absolute Gasteiger partial charge is 0.317 e. The van der Waals surface area contributed by atoms with Crippen LogP contribution in [0.4, 0.5) is 10.5 Å². The molecule has 30 heavy (non-hydrogen) atoms. The zero-order chi connectivity index (χ0) is 21.1. The molecule has 2 heterocycles. The van der Waals surface area contributed by atoms with Crippen LogP contribution in [0.1, 0.15) is 50.2 Å². The van der Waals surface area contributed by atoms with Crippen molar-refractivity contribution in [2.45, 2.75) is 51.6 Å². The lowest BCUT2D eigenvalue weighted by Gasteiger charge is -2.37. The third-order valence-electron chi connectivity index (χ3n) is 7.14. The molecule has 0 unspecified atom stereocenters. The minimum absolute atomic E-state index is 0.0438. The van der Waals surface area contributed by atoms with E-state index >= 15 is 0 Å². The summed E-state index contributed by atoms with van der Waals surface area (Å²) in [6, 6.07) is 7.27. The Balaban J connectivity index is 1.16. The molecule has 4 rings (SSSR count). The summed E-state index contributed by atoms with van der Waals surface area (Å²) < 4.78 is 0. The third kappa shape index (κ3) is 4.97. The monoisotopic (exact) mass is 411 g/mol. The van der Waals surface area contributed by atoms with Gasteiger partial charge in [0, 0.05) is 63.3 Å². The number of carbonyl (C=O) groups is 1. The number of urea groups is 1. The van der Waals surface area contributed by atoms with Crippen molar-refractivity contribution in [1.82, 2.24) is 15.1 Å². The van der Waals surface area contributed by atoms with Crippen LogP contribution in [0.3, 0.4) is 0 Å². The molecule has 1 aromatic rings. The molecule has 2 aliphatic heterocycles. The molecule has 1 saturated carbocycles. The molecule has 6 nitrogen and oxygen atoms in total. The summed E-state index contributed by atoms with van der Waals surface area (Å²) in [5.74, 6) is 0.815. The lowest BCUT2D eigenvalue weighted by Crippen LogP contribution is -2.47. The maximum atomic E-state index is 11.8. The number of hydrogen-bond donors (Lipinski definition) is 1. The number of carbonyl (C=O) groups excluding carboxylic acids is 1. The summed E-state index contributed by atoms with van der Waals surface area (Å²) in [5, 5.41) is 3.15. The molecule has 1 N–H and O–H groups in total. The molecule has 0 radical (unpaired) electrons. The number of nitrogens with one attached hydrogen (secondary N) is 1. The highest BCUT2D eigenvalue weighted by molar-refractivity contribution is 6.02. The van der Waals surface area contributed by atoms with Crippen molar-refractivity contribution in [2.24, 2.45) is 10.9 Å². The van der Waals surface area contributed by atoms with Gasteiger partial charge in [-0.15, -0.1) is 0 Å². The summed E-state index contributed by atoms with van der Waals surface area (Å²) in [7, 11) is 3.61. The largest absolute Gasteiger partial charge is 0.369 e. The second kappa shape index (κ2) is 9.38. The molecule has 0 atom stereocenters. The molecule has 1 saturated heterocycles. The molecule has 6 heteroatoms. The average Bonchev–Trinajstić information content (AvgIpc) is 3.13. The predicted octanol–water partition coefficient (Wildman–Crippen LogP) is 3.35. The van der Waals surface area contributed by atoms with Gasteiger partial charge in [-0.3, -0.25) is 9.89 Å². The van der Waals surface area contributed by atoms with Gasteiger partial charge in [-0.25, -0.2) is 4.79 Å². The Hall–Kier alpha value is -2.08. The maximum absolute atomic E-state index is 11.8. The van der Waals surface area contributed by atoms with Gasteiger partial charge in [0.25, 0.3) is 0 Å². The molecule has 3 aliphatic rings. The molecule has 164 valence electrons. The van der Waals surface area contributed by atoms with Crippen molar-refractivity contribution in [3.8, 4) is 0 Å². The number of nitrogens with zero attached hydrogens (tertiary/aromatic N) is 4. The van der Waals surface area contributed by atoms with Gasteiger partial charge in [0.1, 0.15) is 0 Å². The van der Waals surface area contributed by atoms with Crippen molar-refractivity contribution in [3.05, 3.63) is 29.3 Å². The number of hydrogen-bond acceptors (Lipinski definition) is 4. The first-order valence-corrected chi connectivity index (χ1v) is 11.6. The van der Waals surface area contributed by atoms with Crippen molar-refractivity contribution < 1.29 is 4.79 Å². The summed E-state index contributed by atoms with van der Waals surface area (Å²) in [6.07, 6.45) is 6.03. The topological polar surface area (TPSA) is 51.2 Å². The van der Waals surface area contributed by atoms with E-state index in [1.54, 1.807) is 19.0 Å². The van der Waals surface area contributed by atoms with Crippen LogP contribution in [-0.4, -0.2) is 74.4 Å². The maximum Gasteiger partial charge on any atom is 0.317 e. The SMILES string of the molecule is CC1=NCc2cc(N3CCN(CC[C@H]4CC[C@H](NC(=O)N(C)C)CC4)CC3)ccc21. The fourth-order valence-corrected chi connectivity index (χ4v) is 5.04. The molecule has 2 fully saturated rings. The highest BCUT2D eigenvalue weighted by Crippen LogP contribution is 2.28. The van der Waals surface area contributed by atoms with Gasteiger partial charge in [0.05, 0.1) is 6.54 Å². The molecular weight excluding hydrogens is 374 g/mol. The van der Waals surface area contributed by atoms with E-state index in [0.717, 1.165) is 51.5 Å². The van der Waals surface area contributed by atoms with Gasteiger partial charge in [0.2, 0.25) is 0 Å². The van der Waals surface area contributed by atoms with Gasteiger partial charge in [-0.2, -0.15) is 0 Å². The Morgan fingerprint density at radius 3 is 2.57 bits per heavy atom. The van der Waals surface area contributed by atoms with Crippen LogP contribution < -0.4 is 10.2 Å². The van der Waals surface area contributed by atoms with E-state index < -0.39 is 0 Å². The van der Waals surface area contributed by atoms with Crippen LogP contribution in [0.15, 0.2) is 23.2 Å². The number of benzene rings is 1. The Labute approximate surface area is 181 Å². The van der Waals surface area contributed by atoms with Crippen LogP contribution in [0, 0.1) is 5.92 Å². The lowest BCUT2D eigenvalue weighted by molar-refractivity contribution is 0.194. The number of aliphatic imine (C=N–C) groups is 1. The number of anilines is 1. The first kappa shape index (κ1) is 21.2. The van der Waals surface area contributed by atoms with E-state index in [1.165, 1.54) is 48.3 Å². The van der Waals surface area contributed by atoms with Crippen molar-refractivity contribution in [1.29, 1.82) is 0 Å². The highest BCUT2D eigenvalue weighted by atomic mass is 16.2. The second-order valence-corrected chi connectivity index (χ2v) is 9.42. The van der Waals surface area contributed by atoms with E-state index in [9.17, 15) is 4.79 Å². The summed E-state index contributed by atoms with van der Waals surface area (Å²) in [5.41, 5.74) is 5.24. The molecule has 1 aromatic carbocycles. The Bertz CT molecular complexity index is 774. The normalized spacial score (nSPS) is 24.4. The minimum atomic E-state index is 0.0438. The van der Waals surface area contributed by atoms with Crippen LogP contribution in [0.5, 0.6) is 0 Å². The molecule has 0 bridgehead atoms. The zero-order valence-corrected chi connectivity index (χ0v) is 18.9. The Morgan fingerprint density at radius 2 is 1.87 bits per heavy atom. The number of piperazine rings is 1. The van der Waals surface area contributed by atoms with E-state index in [0.29, 0.717) is 6.04 Å². The molecule has 1 aliphatic carbocycles. The van der Waals surface area contributed by atoms with E-state index in [2.05, 4.69) is 45.2 Å². The van der Waals surface area contributed by atoms with E-state index in [1.807, 2.05) is 0 Å². The summed E-state index contributed by atoms with van der Waals surface area (Å²) in [6.45, 7) is 8.70. The van der Waals surface area contributed by atoms with Crippen LogP contribution >= 0.6 is 0 Å². The lowest BCUT2D eigenvalue weighted by atomic mass is 9.84. The fraction of sp³-hybridized carbons (Fsp3) is 0.667. The standard InChI is InChI=1S/C24H37N5O/c1-18-23-9-8-22(16-20(23)17-25-18)29-14-12-28(13-15-29)11-10-19-4-6-21(7-5-19)26-24(30)27(2)3/h8-9,16,19,21H,4-7,10-15,17H2,1-3H3,(H,26,30)/t19-,21-. The van der Waals surface area contributed by atoms with Gasteiger partial charge in [-0.05, 0) is 69.2 Å². The molecule has 0 spiro atoms. The summed E-state index contributed by atoms with van der Waals surface area (Å²) in [4.78, 5) is 23.2. The quantitative estimate of drug-likeness (QED) is 0.808. The van der Waals surface area contributed by atoms with Gasteiger partial charge >= 0.3 is 6.03 Å². The van der Waals surface area contributed by atoms with Gasteiger partial charge in [-0.1, -0.05) is 6.07 Å². The number of rotatable bonds is 5. The molecular formula is C24H37N5O. The molecule has 2 amide bonds. The minimum Gasteiger partial charge on any atom is -0.369 e. The highest BCUT2D eigenvalue weighted by Gasteiger charge is 2.24. The average molecular weight is 412 g/mol. The second-order valence-electron chi connectivity index (χ2n) is 9.42.